The van der Waals surface area contributed by atoms with Gasteiger partial charge in [-0.15, -0.1) is 0 Å². The number of hydrogen-bond donors (Lipinski definition) is 0. The van der Waals surface area contributed by atoms with Gasteiger partial charge in [0.25, 0.3) is 5.22 Å². The van der Waals surface area contributed by atoms with E-state index in [1.54, 1.807) is 13.0 Å². The smallest absolute Gasteiger partial charge is 0.341 e. The van der Waals surface area contributed by atoms with Crippen molar-refractivity contribution in [3.63, 3.8) is 0 Å². The number of carbonyl (C=O) groups is 1. The van der Waals surface area contributed by atoms with Crippen molar-refractivity contribution < 1.29 is 18.4 Å². The molecule has 108 valence electrons. The standard InChI is InChI=1S/C15H13NO4S/c1-9-11(14(17)18-2)7-10(19-9)8-21-15-16-12-5-3-4-6-13(12)20-15/h3-7H,8H2,1-2H3. The lowest BCUT2D eigenvalue weighted by Crippen LogP contribution is -2.00. The van der Waals surface area contributed by atoms with Gasteiger partial charge in [0.05, 0.1) is 12.9 Å². The molecule has 0 unspecified atom stereocenters. The van der Waals surface area contributed by atoms with Crippen molar-refractivity contribution in [2.75, 3.05) is 7.11 Å². The summed E-state index contributed by atoms with van der Waals surface area (Å²) in [4.78, 5) is 15.9. The Labute approximate surface area is 125 Å². The van der Waals surface area contributed by atoms with Gasteiger partial charge in [0.15, 0.2) is 5.58 Å². The molecule has 3 rings (SSSR count). The van der Waals surface area contributed by atoms with Crippen molar-refractivity contribution in [2.24, 2.45) is 0 Å². The Hall–Kier alpha value is -2.21. The van der Waals surface area contributed by atoms with Crippen molar-refractivity contribution >= 4 is 28.8 Å². The molecule has 0 aliphatic heterocycles. The van der Waals surface area contributed by atoms with Gasteiger partial charge in [0, 0.05) is 0 Å². The number of fused-ring (bicyclic) bond motifs is 1. The minimum Gasteiger partial charge on any atom is -0.465 e. The SMILES string of the molecule is COC(=O)c1cc(CSc2nc3ccccc3o2)oc1C. The van der Waals surface area contributed by atoms with Crippen LogP contribution in [0.5, 0.6) is 0 Å². The summed E-state index contributed by atoms with van der Waals surface area (Å²) in [6, 6.07) is 9.28. The molecule has 0 atom stereocenters. The van der Waals surface area contributed by atoms with Crippen LogP contribution in [0.1, 0.15) is 21.9 Å². The monoisotopic (exact) mass is 303 g/mol. The van der Waals surface area contributed by atoms with E-state index in [2.05, 4.69) is 4.98 Å². The third-order valence-electron chi connectivity index (χ3n) is 2.99. The maximum atomic E-state index is 11.5. The number of esters is 1. The van der Waals surface area contributed by atoms with Crippen molar-refractivity contribution in [2.45, 2.75) is 17.9 Å². The number of carbonyl (C=O) groups excluding carboxylic acids is 1. The molecule has 0 spiro atoms. The van der Waals surface area contributed by atoms with Crippen molar-refractivity contribution in [1.29, 1.82) is 0 Å². The first-order valence-corrected chi connectivity index (χ1v) is 7.32. The molecule has 0 fully saturated rings. The molecule has 2 aromatic heterocycles. The molecule has 5 nitrogen and oxygen atoms in total. The van der Waals surface area contributed by atoms with E-state index in [4.69, 9.17) is 13.6 Å². The minimum absolute atomic E-state index is 0.394. The Balaban J connectivity index is 1.74. The van der Waals surface area contributed by atoms with Gasteiger partial charge in [0.2, 0.25) is 0 Å². The second kappa shape index (κ2) is 5.65. The van der Waals surface area contributed by atoms with Crippen LogP contribution < -0.4 is 0 Å². The number of oxazole rings is 1. The minimum atomic E-state index is -0.394. The van der Waals surface area contributed by atoms with Gasteiger partial charge in [-0.2, -0.15) is 0 Å². The predicted octanol–water partition coefficient (Wildman–Crippen LogP) is 3.81. The van der Waals surface area contributed by atoms with Crippen molar-refractivity contribution in [3.8, 4) is 0 Å². The summed E-state index contributed by atoms with van der Waals surface area (Å²) in [7, 11) is 1.35. The molecule has 1 aromatic carbocycles. The van der Waals surface area contributed by atoms with Crippen LogP contribution in [-0.4, -0.2) is 18.1 Å². The molecule has 0 saturated carbocycles. The van der Waals surface area contributed by atoms with E-state index in [0.29, 0.717) is 28.1 Å². The molecule has 3 aromatic rings. The number of rotatable bonds is 4. The fourth-order valence-corrected chi connectivity index (χ4v) is 2.69. The molecule has 0 aliphatic carbocycles. The van der Waals surface area contributed by atoms with Crippen LogP contribution in [0.2, 0.25) is 0 Å². The van der Waals surface area contributed by atoms with Crippen LogP contribution in [0.3, 0.4) is 0 Å². The van der Waals surface area contributed by atoms with E-state index in [-0.39, 0.29) is 0 Å². The fraction of sp³-hybridized carbons (Fsp3) is 0.200. The number of benzene rings is 1. The molecule has 2 heterocycles. The van der Waals surface area contributed by atoms with Crippen molar-refractivity contribution in [3.05, 3.63) is 47.4 Å². The molecule has 21 heavy (non-hydrogen) atoms. The van der Waals surface area contributed by atoms with E-state index >= 15 is 0 Å². The van der Waals surface area contributed by atoms with E-state index in [1.807, 2.05) is 24.3 Å². The average Bonchev–Trinajstić information content (AvgIpc) is 3.07. The van der Waals surface area contributed by atoms with Gasteiger partial charge in [-0.3, -0.25) is 0 Å². The van der Waals surface area contributed by atoms with E-state index in [0.717, 1.165) is 11.1 Å². The Bertz CT molecular complexity index is 757. The first-order valence-electron chi connectivity index (χ1n) is 6.33. The summed E-state index contributed by atoms with van der Waals surface area (Å²) in [5, 5.41) is 0.574. The molecule has 0 bridgehead atoms. The summed E-state index contributed by atoms with van der Waals surface area (Å²) in [6.45, 7) is 1.74. The van der Waals surface area contributed by atoms with Gasteiger partial charge in [-0.1, -0.05) is 23.9 Å². The normalized spacial score (nSPS) is 11.0. The van der Waals surface area contributed by atoms with Gasteiger partial charge < -0.3 is 13.6 Å². The molecular formula is C15H13NO4S. The zero-order chi connectivity index (χ0) is 14.8. The number of aryl methyl sites for hydroxylation is 1. The summed E-state index contributed by atoms with van der Waals surface area (Å²) < 4.78 is 15.9. The molecule has 0 radical (unpaired) electrons. The lowest BCUT2D eigenvalue weighted by atomic mass is 10.2. The molecule has 0 aliphatic rings. The zero-order valence-electron chi connectivity index (χ0n) is 11.6. The first-order chi connectivity index (χ1) is 10.2. The Morgan fingerprint density at radius 3 is 2.90 bits per heavy atom. The Morgan fingerprint density at radius 2 is 2.14 bits per heavy atom. The second-order valence-corrected chi connectivity index (χ2v) is 5.34. The molecule has 6 heteroatoms. The average molecular weight is 303 g/mol. The lowest BCUT2D eigenvalue weighted by molar-refractivity contribution is 0.0599. The van der Waals surface area contributed by atoms with E-state index in [9.17, 15) is 4.79 Å². The van der Waals surface area contributed by atoms with Crippen LogP contribution in [0.15, 0.2) is 44.4 Å². The van der Waals surface area contributed by atoms with Gasteiger partial charge in [-0.25, -0.2) is 9.78 Å². The van der Waals surface area contributed by atoms with E-state index in [1.165, 1.54) is 18.9 Å². The van der Waals surface area contributed by atoms with Crippen LogP contribution in [0, 0.1) is 6.92 Å². The fourth-order valence-electron chi connectivity index (χ4n) is 1.97. The summed E-state index contributed by atoms with van der Waals surface area (Å²) in [5.41, 5.74) is 2.03. The third kappa shape index (κ3) is 2.80. The number of para-hydroxylation sites is 2. The molecule has 0 saturated heterocycles. The summed E-state index contributed by atoms with van der Waals surface area (Å²) >= 11 is 1.42. The number of aromatic nitrogens is 1. The number of hydrogen-bond acceptors (Lipinski definition) is 6. The highest BCUT2D eigenvalue weighted by molar-refractivity contribution is 7.98. The topological polar surface area (TPSA) is 65.5 Å². The molecular weight excluding hydrogens is 290 g/mol. The predicted molar refractivity (Wildman–Crippen MR) is 78.4 cm³/mol. The maximum Gasteiger partial charge on any atom is 0.341 e. The van der Waals surface area contributed by atoms with Crippen LogP contribution >= 0.6 is 11.8 Å². The zero-order valence-corrected chi connectivity index (χ0v) is 12.4. The molecule has 0 N–H and O–H groups in total. The van der Waals surface area contributed by atoms with Gasteiger partial charge in [0.1, 0.15) is 22.6 Å². The van der Waals surface area contributed by atoms with Gasteiger partial charge >= 0.3 is 5.97 Å². The van der Waals surface area contributed by atoms with Crippen LogP contribution in [-0.2, 0) is 10.5 Å². The third-order valence-corrected chi connectivity index (χ3v) is 3.84. The number of thioether (sulfide) groups is 1. The van der Waals surface area contributed by atoms with Crippen LogP contribution in [0.4, 0.5) is 0 Å². The van der Waals surface area contributed by atoms with Gasteiger partial charge in [-0.05, 0) is 25.1 Å². The van der Waals surface area contributed by atoms with Crippen LogP contribution in [0.25, 0.3) is 11.1 Å². The quantitative estimate of drug-likeness (QED) is 0.539. The summed E-state index contributed by atoms with van der Waals surface area (Å²) in [5.74, 6) is 1.37. The number of ether oxygens (including phenoxy) is 1. The number of furan rings is 1. The lowest BCUT2D eigenvalue weighted by Gasteiger charge is -1.93. The second-order valence-electron chi connectivity index (χ2n) is 4.41. The Kier molecular flexibility index (Phi) is 3.70. The first kappa shape index (κ1) is 13.8. The highest BCUT2D eigenvalue weighted by Crippen LogP contribution is 2.27. The summed E-state index contributed by atoms with van der Waals surface area (Å²) in [6.07, 6.45) is 0. The highest BCUT2D eigenvalue weighted by Gasteiger charge is 2.16. The highest BCUT2D eigenvalue weighted by atomic mass is 32.2. The maximum absolute atomic E-state index is 11.5. The Morgan fingerprint density at radius 1 is 1.33 bits per heavy atom. The number of methoxy groups -OCH3 is 1. The van der Waals surface area contributed by atoms with E-state index < -0.39 is 5.97 Å². The molecule has 0 amide bonds. The number of nitrogens with zero attached hydrogens (tertiary/aromatic N) is 1. The van der Waals surface area contributed by atoms with Crippen molar-refractivity contribution in [1.82, 2.24) is 4.98 Å². The largest absolute Gasteiger partial charge is 0.465 e.